The number of fused-ring (bicyclic) bond motifs is 2. The molecule has 3 saturated heterocycles. The van der Waals surface area contributed by atoms with E-state index in [2.05, 4.69) is 15.3 Å². The molecule has 1 aromatic rings. The minimum Gasteiger partial charge on any atom is -0.633 e. The fourth-order valence-electron chi connectivity index (χ4n) is 3.77. The normalized spacial score (nSPS) is 36.3. The van der Waals surface area contributed by atoms with Gasteiger partial charge in [-0.1, -0.05) is 11.6 Å². The number of aliphatic imine (C=N–C) groups is 1. The molecule has 0 amide bonds. The molecule has 4 aliphatic heterocycles. The number of ether oxygens (including phenoxy) is 1. The number of hydrogen-bond donors (Lipinski definition) is 1. The molecule has 1 atom stereocenters. The molecular weight excluding hydrogens is 311 g/mol. The average Bonchev–Trinajstić information content (AvgIpc) is 2.85. The molecule has 0 saturated carbocycles. The van der Waals surface area contributed by atoms with Crippen LogP contribution in [0.3, 0.4) is 0 Å². The van der Waals surface area contributed by atoms with Gasteiger partial charge < -0.3 is 14.6 Å². The first-order valence-corrected chi connectivity index (χ1v) is 7.75. The first kappa shape index (κ1) is 14.2. The number of halogens is 2. The predicted octanol–water partition coefficient (Wildman–Crippen LogP) is 2.15. The van der Waals surface area contributed by atoms with Crippen LogP contribution in [0.4, 0.5) is 10.2 Å². The average molecular weight is 327 g/mol. The van der Waals surface area contributed by atoms with Crippen LogP contribution >= 0.6 is 11.6 Å². The Labute approximate surface area is 132 Å². The molecule has 5 heterocycles. The maximum atomic E-state index is 13.8. The molecule has 3 fully saturated rings. The van der Waals surface area contributed by atoms with Gasteiger partial charge in [-0.15, -0.1) is 0 Å². The highest BCUT2D eigenvalue weighted by Gasteiger charge is 2.56. The number of nitrogens with one attached hydrogen (secondary N) is 1. The summed E-state index contributed by atoms with van der Waals surface area (Å²) in [5, 5.41) is 15.5. The second-order valence-corrected chi connectivity index (χ2v) is 6.77. The number of quaternary nitrogens is 1. The predicted molar refractivity (Wildman–Crippen MR) is 79.9 cm³/mol. The molecule has 6 nitrogen and oxygen atoms in total. The SMILES string of the molecule is [O-][N+]12CCC(CC1)[C@]1(CN=C(Nc3ncc(Cl)cc3F)O1)C2. The maximum Gasteiger partial charge on any atom is 0.291 e. The standard InChI is InChI=1S/C14H16ClFN4O2/c15-10-5-11(16)12(17-6-10)19-13-18-7-14(22-13)8-20(21)3-1-9(14)2-4-20/h5-6,9H,1-4,7-8H2,(H,17,18,19)/t9?,14-,20?/m0/s1. The topological polar surface area (TPSA) is 69.6 Å². The summed E-state index contributed by atoms with van der Waals surface area (Å²) >= 11 is 5.68. The van der Waals surface area contributed by atoms with Crippen LogP contribution < -0.4 is 5.32 Å². The lowest BCUT2D eigenvalue weighted by Gasteiger charge is -2.58. The lowest BCUT2D eigenvalue weighted by Crippen LogP contribution is -2.67. The van der Waals surface area contributed by atoms with Crippen molar-refractivity contribution >= 4 is 23.4 Å². The Morgan fingerprint density at radius 3 is 2.91 bits per heavy atom. The molecule has 2 bridgehead atoms. The van der Waals surface area contributed by atoms with E-state index in [9.17, 15) is 9.60 Å². The highest BCUT2D eigenvalue weighted by molar-refractivity contribution is 6.30. The van der Waals surface area contributed by atoms with Gasteiger partial charge in [-0.25, -0.2) is 14.4 Å². The van der Waals surface area contributed by atoms with Gasteiger partial charge >= 0.3 is 0 Å². The number of pyridine rings is 1. The summed E-state index contributed by atoms with van der Waals surface area (Å²) in [7, 11) is 0. The van der Waals surface area contributed by atoms with Crippen LogP contribution in [0.1, 0.15) is 12.8 Å². The molecule has 118 valence electrons. The summed E-state index contributed by atoms with van der Waals surface area (Å²) in [5.74, 6) is -0.207. The van der Waals surface area contributed by atoms with E-state index < -0.39 is 11.4 Å². The largest absolute Gasteiger partial charge is 0.633 e. The number of amidine groups is 1. The molecule has 1 N–H and O–H groups in total. The summed E-state index contributed by atoms with van der Waals surface area (Å²) in [6.45, 7) is 2.18. The number of hydrogen-bond acceptors (Lipinski definition) is 5. The molecule has 1 spiro atoms. The molecule has 0 radical (unpaired) electrons. The number of anilines is 1. The second kappa shape index (κ2) is 4.78. The van der Waals surface area contributed by atoms with Crippen LogP contribution in [0.25, 0.3) is 0 Å². The van der Waals surface area contributed by atoms with E-state index in [1.807, 2.05) is 0 Å². The van der Waals surface area contributed by atoms with Crippen molar-refractivity contribution in [1.82, 2.24) is 4.98 Å². The van der Waals surface area contributed by atoms with Crippen LogP contribution in [0.15, 0.2) is 17.3 Å². The van der Waals surface area contributed by atoms with Gasteiger partial charge in [0.1, 0.15) is 6.54 Å². The highest BCUT2D eigenvalue weighted by atomic mass is 35.5. The van der Waals surface area contributed by atoms with Gasteiger partial charge in [-0.05, 0) is 6.07 Å². The third kappa shape index (κ3) is 2.24. The van der Waals surface area contributed by atoms with E-state index in [4.69, 9.17) is 16.3 Å². The van der Waals surface area contributed by atoms with Crippen molar-refractivity contribution in [3.8, 4) is 0 Å². The quantitative estimate of drug-likeness (QED) is 0.634. The third-order valence-electron chi connectivity index (χ3n) is 4.89. The Balaban J connectivity index is 1.50. The van der Waals surface area contributed by atoms with E-state index in [0.29, 0.717) is 32.1 Å². The van der Waals surface area contributed by atoms with Gasteiger partial charge in [0, 0.05) is 25.0 Å². The van der Waals surface area contributed by atoms with Crippen molar-refractivity contribution in [3.63, 3.8) is 0 Å². The monoisotopic (exact) mass is 326 g/mol. The van der Waals surface area contributed by atoms with Crippen LogP contribution in [-0.2, 0) is 4.74 Å². The van der Waals surface area contributed by atoms with Gasteiger partial charge in [0.05, 0.1) is 24.7 Å². The Morgan fingerprint density at radius 1 is 1.45 bits per heavy atom. The van der Waals surface area contributed by atoms with Crippen molar-refractivity contribution in [2.75, 3.05) is 31.5 Å². The second-order valence-electron chi connectivity index (χ2n) is 6.33. The van der Waals surface area contributed by atoms with E-state index in [-0.39, 0.29) is 21.5 Å². The fraction of sp³-hybridized carbons (Fsp3) is 0.571. The summed E-state index contributed by atoms with van der Waals surface area (Å²) in [6, 6.07) is 1.41. The molecule has 0 aromatic carbocycles. The molecule has 0 aliphatic carbocycles. The van der Waals surface area contributed by atoms with Crippen molar-refractivity contribution in [1.29, 1.82) is 0 Å². The van der Waals surface area contributed by atoms with E-state index in [1.165, 1.54) is 12.3 Å². The van der Waals surface area contributed by atoms with Crippen molar-refractivity contribution in [3.05, 3.63) is 28.3 Å². The van der Waals surface area contributed by atoms with Crippen LogP contribution in [0, 0.1) is 16.9 Å². The van der Waals surface area contributed by atoms with Crippen molar-refractivity contribution < 1.29 is 13.8 Å². The van der Waals surface area contributed by atoms with Gasteiger partial charge in [0.2, 0.25) is 0 Å². The Kier molecular flexibility index (Phi) is 3.08. The molecule has 4 aliphatic rings. The van der Waals surface area contributed by atoms with Gasteiger partial charge in [-0.2, -0.15) is 0 Å². The lowest BCUT2D eigenvalue weighted by atomic mass is 9.75. The van der Waals surface area contributed by atoms with Crippen LogP contribution in [-0.4, -0.2) is 47.4 Å². The molecular formula is C14H16ClFN4O2. The van der Waals surface area contributed by atoms with Crippen LogP contribution in [0.2, 0.25) is 5.02 Å². The zero-order valence-electron chi connectivity index (χ0n) is 11.9. The fourth-order valence-corrected chi connectivity index (χ4v) is 3.91. The minimum absolute atomic E-state index is 0.0208. The maximum absolute atomic E-state index is 13.8. The highest BCUT2D eigenvalue weighted by Crippen LogP contribution is 2.44. The number of hydroxylamine groups is 3. The van der Waals surface area contributed by atoms with Crippen LogP contribution in [0.5, 0.6) is 0 Å². The molecule has 8 heteroatoms. The van der Waals surface area contributed by atoms with E-state index in [0.717, 1.165) is 12.8 Å². The summed E-state index contributed by atoms with van der Waals surface area (Å²) in [6.07, 6.45) is 3.07. The number of aromatic nitrogens is 1. The number of rotatable bonds is 1. The smallest absolute Gasteiger partial charge is 0.291 e. The van der Waals surface area contributed by atoms with E-state index >= 15 is 0 Å². The Hall–Kier alpha value is -1.44. The summed E-state index contributed by atoms with van der Waals surface area (Å²) < 4.78 is 19.5. The van der Waals surface area contributed by atoms with Gasteiger partial charge in [-0.3, -0.25) is 5.32 Å². The van der Waals surface area contributed by atoms with Gasteiger partial charge in [0.25, 0.3) is 6.02 Å². The first-order valence-electron chi connectivity index (χ1n) is 7.37. The minimum atomic E-state index is -0.569. The number of piperidine rings is 3. The summed E-state index contributed by atoms with van der Waals surface area (Å²) in [4.78, 5) is 8.21. The van der Waals surface area contributed by atoms with Crippen molar-refractivity contribution in [2.45, 2.75) is 18.4 Å². The first-order chi connectivity index (χ1) is 10.5. The Bertz CT molecular complexity index is 648. The lowest BCUT2D eigenvalue weighted by molar-refractivity contribution is -0.905. The van der Waals surface area contributed by atoms with E-state index in [1.54, 1.807) is 0 Å². The zero-order chi connectivity index (χ0) is 15.4. The molecule has 5 rings (SSSR count). The van der Waals surface area contributed by atoms with Gasteiger partial charge in [0.15, 0.2) is 17.2 Å². The molecule has 0 unspecified atom stereocenters. The van der Waals surface area contributed by atoms with Crippen molar-refractivity contribution in [2.24, 2.45) is 10.9 Å². The molecule has 1 aromatic heterocycles. The molecule has 22 heavy (non-hydrogen) atoms. The number of nitrogens with zero attached hydrogens (tertiary/aromatic N) is 3. The summed E-state index contributed by atoms with van der Waals surface area (Å²) in [5.41, 5.74) is -0.538. The Morgan fingerprint density at radius 2 is 2.23 bits per heavy atom. The zero-order valence-corrected chi connectivity index (χ0v) is 12.6. The third-order valence-corrected chi connectivity index (χ3v) is 5.10.